The molecule has 0 aromatic rings. The Bertz CT molecular complexity index is 309. The number of rotatable bonds is 2. The van der Waals surface area contributed by atoms with E-state index in [0.717, 1.165) is 25.7 Å². The van der Waals surface area contributed by atoms with Crippen molar-refractivity contribution < 1.29 is 9.59 Å². The van der Waals surface area contributed by atoms with Crippen molar-refractivity contribution in [2.45, 2.75) is 44.2 Å². The molecule has 0 aromatic heterocycles. The minimum absolute atomic E-state index is 0.0251. The SMILES string of the molecule is O=C=NC1CCC2CCC1C(N=C=O)C2. The summed E-state index contributed by atoms with van der Waals surface area (Å²) >= 11 is 0. The molecule has 4 unspecified atom stereocenters. The van der Waals surface area contributed by atoms with E-state index >= 15 is 0 Å². The van der Waals surface area contributed by atoms with Gasteiger partial charge >= 0.3 is 0 Å². The van der Waals surface area contributed by atoms with Gasteiger partial charge in [0, 0.05) is 5.92 Å². The van der Waals surface area contributed by atoms with Crippen molar-refractivity contribution in [3.63, 3.8) is 0 Å². The normalized spacial score (nSPS) is 38.7. The Morgan fingerprint density at radius 1 is 0.867 bits per heavy atom. The van der Waals surface area contributed by atoms with Gasteiger partial charge in [-0.2, -0.15) is 0 Å². The summed E-state index contributed by atoms with van der Waals surface area (Å²) in [6.45, 7) is 0. The summed E-state index contributed by atoms with van der Waals surface area (Å²) in [5, 5.41) is 0. The zero-order chi connectivity index (χ0) is 10.7. The molecule has 0 heterocycles. The number of aliphatic imine (C=N–C) groups is 2. The van der Waals surface area contributed by atoms with E-state index in [9.17, 15) is 9.59 Å². The van der Waals surface area contributed by atoms with Crippen LogP contribution in [0, 0.1) is 11.8 Å². The summed E-state index contributed by atoms with van der Waals surface area (Å²) in [6, 6.07) is 0.0583. The van der Waals surface area contributed by atoms with Crippen LogP contribution in [0.1, 0.15) is 32.1 Å². The average Bonchev–Trinajstić information content (AvgIpc) is 2.51. The second-order valence-corrected chi connectivity index (χ2v) is 4.50. The van der Waals surface area contributed by atoms with Gasteiger partial charge in [0.1, 0.15) is 0 Å². The second kappa shape index (κ2) is 4.52. The quantitative estimate of drug-likeness (QED) is 0.509. The van der Waals surface area contributed by atoms with Gasteiger partial charge in [-0.1, -0.05) is 0 Å². The molecule has 0 aromatic carbocycles. The summed E-state index contributed by atoms with van der Waals surface area (Å²) in [4.78, 5) is 28.4. The number of nitrogens with zero attached hydrogens (tertiary/aromatic N) is 2. The lowest BCUT2D eigenvalue weighted by molar-refractivity contribution is 0.253. The average molecular weight is 206 g/mol. The van der Waals surface area contributed by atoms with Gasteiger partial charge < -0.3 is 0 Å². The molecule has 4 atom stereocenters. The first kappa shape index (κ1) is 10.3. The molecule has 3 aliphatic rings. The minimum Gasteiger partial charge on any atom is -0.211 e. The summed E-state index contributed by atoms with van der Waals surface area (Å²) in [7, 11) is 0. The molecule has 0 radical (unpaired) electrons. The van der Waals surface area contributed by atoms with Crippen molar-refractivity contribution in [3.05, 3.63) is 0 Å². The highest BCUT2D eigenvalue weighted by atomic mass is 16.1. The van der Waals surface area contributed by atoms with E-state index in [4.69, 9.17) is 0 Å². The number of hydrogen-bond acceptors (Lipinski definition) is 4. The third-order valence-corrected chi connectivity index (χ3v) is 3.78. The van der Waals surface area contributed by atoms with E-state index in [1.165, 1.54) is 6.42 Å². The third-order valence-electron chi connectivity index (χ3n) is 3.78. The molecular formula is C11H14N2O2. The van der Waals surface area contributed by atoms with E-state index in [2.05, 4.69) is 9.98 Å². The monoisotopic (exact) mass is 206 g/mol. The van der Waals surface area contributed by atoms with Gasteiger partial charge in [0.15, 0.2) is 0 Å². The summed E-state index contributed by atoms with van der Waals surface area (Å²) in [6.07, 6.45) is 8.50. The predicted molar refractivity (Wildman–Crippen MR) is 53.9 cm³/mol. The molecule has 4 heteroatoms. The van der Waals surface area contributed by atoms with Crippen molar-refractivity contribution in [2.24, 2.45) is 21.8 Å². The molecule has 0 saturated heterocycles. The van der Waals surface area contributed by atoms with E-state index in [-0.39, 0.29) is 18.0 Å². The second-order valence-electron chi connectivity index (χ2n) is 4.50. The van der Waals surface area contributed by atoms with Crippen LogP contribution >= 0.6 is 0 Å². The van der Waals surface area contributed by atoms with Gasteiger partial charge in [-0.15, -0.1) is 0 Å². The van der Waals surface area contributed by atoms with E-state index < -0.39 is 0 Å². The number of fused-ring (bicyclic) bond motifs is 4. The number of hydrogen-bond donors (Lipinski definition) is 0. The first-order valence-electron chi connectivity index (χ1n) is 5.49. The number of isocyanates is 2. The smallest absolute Gasteiger partial charge is 0.211 e. The fraction of sp³-hybridized carbons (Fsp3) is 0.818. The van der Waals surface area contributed by atoms with Crippen LogP contribution in [0.15, 0.2) is 9.98 Å². The first-order chi connectivity index (χ1) is 7.35. The maximum atomic E-state index is 10.3. The van der Waals surface area contributed by atoms with E-state index in [1.54, 1.807) is 12.2 Å². The Morgan fingerprint density at radius 2 is 1.53 bits per heavy atom. The van der Waals surface area contributed by atoms with Crippen LogP contribution in [-0.4, -0.2) is 24.2 Å². The lowest BCUT2D eigenvalue weighted by atomic mass is 9.79. The molecule has 4 nitrogen and oxygen atoms in total. The zero-order valence-electron chi connectivity index (χ0n) is 8.56. The topological polar surface area (TPSA) is 58.9 Å². The molecule has 15 heavy (non-hydrogen) atoms. The Labute approximate surface area is 88.5 Å². The molecule has 2 bridgehead atoms. The van der Waals surface area contributed by atoms with Crippen LogP contribution < -0.4 is 0 Å². The first-order valence-corrected chi connectivity index (χ1v) is 5.49. The van der Waals surface area contributed by atoms with E-state index in [0.29, 0.717) is 5.92 Å². The molecule has 0 N–H and O–H groups in total. The molecule has 3 saturated carbocycles. The van der Waals surface area contributed by atoms with Gasteiger partial charge in [0.2, 0.25) is 12.2 Å². The van der Waals surface area contributed by atoms with Crippen molar-refractivity contribution >= 4 is 12.2 Å². The molecule has 0 aliphatic heterocycles. The van der Waals surface area contributed by atoms with Crippen molar-refractivity contribution in [2.75, 3.05) is 0 Å². The molecule has 80 valence electrons. The maximum Gasteiger partial charge on any atom is 0.235 e. The van der Waals surface area contributed by atoms with Gasteiger partial charge in [0.25, 0.3) is 0 Å². The zero-order valence-corrected chi connectivity index (χ0v) is 8.56. The van der Waals surface area contributed by atoms with Crippen LogP contribution in [-0.2, 0) is 9.59 Å². The van der Waals surface area contributed by atoms with E-state index in [1.807, 2.05) is 0 Å². The van der Waals surface area contributed by atoms with Crippen LogP contribution in [0.3, 0.4) is 0 Å². The highest BCUT2D eigenvalue weighted by molar-refractivity contribution is 5.35. The van der Waals surface area contributed by atoms with Gasteiger partial charge in [0.05, 0.1) is 12.1 Å². The van der Waals surface area contributed by atoms with Crippen molar-refractivity contribution in [1.29, 1.82) is 0 Å². The van der Waals surface area contributed by atoms with Gasteiger partial charge in [-0.25, -0.2) is 19.6 Å². The van der Waals surface area contributed by atoms with Crippen LogP contribution in [0.2, 0.25) is 0 Å². The Kier molecular flexibility index (Phi) is 3.10. The van der Waals surface area contributed by atoms with Gasteiger partial charge in [-0.3, -0.25) is 0 Å². The Morgan fingerprint density at radius 3 is 2.27 bits per heavy atom. The standard InChI is InChI=1S/C11H14N2O2/c14-6-12-10-4-2-8-1-3-9(10)11(5-8)13-7-15/h8-11H,1-5H2. The highest BCUT2D eigenvalue weighted by Crippen LogP contribution is 2.41. The molecule has 0 spiro atoms. The molecule has 3 rings (SSSR count). The van der Waals surface area contributed by atoms with Crippen molar-refractivity contribution in [1.82, 2.24) is 0 Å². The molecule has 3 aliphatic carbocycles. The fourth-order valence-corrected chi connectivity index (χ4v) is 3.03. The summed E-state index contributed by atoms with van der Waals surface area (Å²) in [5.74, 6) is 0.904. The summed E-state index contributed by atoms with van der Waals surface area (Å²) < 4.78 is 0. The third kappa shape index (κ3) is 2.06. The fourth-order valence-electron chi connectivity index (χ4n) is 3.03. The molecule has 0 amide bonds. The highest BCUT2D eigenvalue weighted by Gasteiger charge is 2.39. The number of carbonyl (C=O) groups excluding carboxylic acids is 2. The summed E-state index contributed by atoms with van der Waals surface area (Å²) in [5.41, 5.74) is 0. The van der Waals surface area contributed by atoms with Gasteiger partial charge in [-0.05, 0) is 38.0 Å². The lowest BCUT2D eigenvalue weighted by Crippen LogP contribution is -2.31. The maximum absolute atomic E-state index is 10.3. The van der Waals surface area contributed by atoms with Crippen LogP contribution in [0.4, 0.5) is 0 Å². The largest absolute Gasteiger partial charge is 0.235 e. The van der Waals surface area contributed by atoms with Crippen molar-refractivity contribution in [3.8, 4) is 0 Å². The Hall–Kier alpha value is -1.24. The van der Waals surface area contributed by atoms with Crippen LogP contribution in [0.25, 0.3) is 0 Å². The Balaban J connectivity index is 2.22. The molecule has 3 fully saturated rings. The van der Waals surface area contributed by atoms with Crippen LogP contribution in [0.5, 0.6) is 0 Å². The molecular weight excluding hydrogens is 192 g/mol. The lowest BCUT2D eigenvalue weighted by Gasteiger charge is -2.30. The predicted octanol–water partition coefficient (Wildman–Crippen LogP) is 1.61. The minimum atomic E-state index is 0.0251.